The number of hydrogen-bond donors (Lipinski definition) is 1. The van der Waals surface area contributed by atoms with Crippen LogP contribution in [0.3, 0.4) is 0 Å². The molecule has 1 N–H and O–H groups in total. The highest BCUT2D eigenvalue weighted by molar-refractivity contribution is 7.99. The molecule has 2 heterocycles. The van der Waals surface area contributed by atoms with Crippen molar-refractivity contribution in [3.8, 4) is 23.2 Å². The lowest BCUT2D eigenvalue weighted by Gasteiger charge is -2.13. The van der Waals surface area contributed by atoms with Gasteiger partial charge in [0.05, 0.1) is 17.4 Å². The summed E-state index contributed by atoms with van der Waals surface area (Å²) in [6, 6.07) is 10.4. The number of nitrogens with one attached hydrogen (secondary N) is 1. The Bertz CT molecular complexity index is 1270. The highest BCUT2D eigenvalue weighted by atomic mass is 32.2. The van der Waals surface area contributed by atoms with Crippen molar-refractivity contribution in [1.29, 1.82) is 5.26 Å². The number of hydrogen-bond acceptors (Lipinski definition) is 7. The summed E-state index contributed by atoms with van der Waals surface area (Å²) in [7, 11) is 0. The Kier molecular flexibility index (Phi) is 8.47. The van der Waals surface area contributed by atoms with Crippen LogP contribution in [0.15, 0.2) is 29.4 Å². The maximum atomic E-state index is 12.9. The van der Waals surface area contributed by atoms with Crippen LogP contribution >= 0.6 is 23.1 Å². The van der Waals surface area contributed by atoms with E-state index in [2.05, 4.69) is 28.5 Å². The molecule has 1 aromatic carbocycles. The number of fused-ring (bicyclic) bond motifs is 1. The predicted octanol–water partition coefficient (Wildman–Crippen LogP) is 6.61. The lowest BCUT2D eigenvalue weighted by atomic mass is 9.97. The van der Waals surface area contributed by atoms with E-state index in [4.69, 9.17) is 4.74 Å². The van der Waals surface area contributed by atoms with Crippen LogP contribution in [0, 0.1) is 11.3 Å². The van der Waals surface area contributed by atoms with Gasteiger partial charge in [-0.1, -0.05) is 24.6 Å². The Morgan fingerprint density at radius 1 is 1.14 bits per heavy atom. The average molecular weight is 536 g/mol. The van der Waals surface area contributed by atoms with Gasteiger partial charge in [0.1, 0.15) is 16.8 Å². The zero-order valence-corrected chi connectivity index (χ0v) is 22.9. The molecular weight excluding hydrogens is 502 g/mol. The average Bonchev–Trinajstić information content (AvgIpc) is 3.62. The van der Waals surface area contributed by atoms with Gasteiger partial charge in [-0.3, -0.25) is 4.79 Å². The Labute approximate surface area is 226 Å². The van der Waals surface area contributed by atoms with Crippen molar-refractivity contribution in [2.75, 3.05) is 11.1 Å². The van der Waals surface area contributed by atoms with E-state index in [0.717, 1.165) is 61.2 Å². The third-order valence-corrected chi connectivity index (χ3v) is 9.29. The minimum Gasteiger partial charge on any atom is -0.490 e. The van der Waals surface area contributed by atoms with E-state index in [1.54, 1.807) is 11.3 Å². The standard InChI is InChI=1S/C28H33N5O2S2/c1-2-33-26(19-13-15-21(16-14-19)35-20-9-7-8-10-20)31-32-28(33)36-18-25(34)30-27-23(17-29)22-11-5-3-4-6-12-24(22)37-27/h13-16,20H,2-12,18H2,1H3,(H,30,34). The number of thiophene rings is 1. The summed E-state index contributed by atoms with van der Waals surface area (Å²) < 4.78 is 8.12. The second kappa shape index (κ2) is 12.1. The molecule has 37 heavy (non-hydrogen) atoms. The molecule has 194 valence electrons. The van der Waals surface area contributed by atoms with Crippen molar-refractivity contribution in [2.24, 2.45) is 0 Å². The summed E-state index contributed by atoms with van der Waals surface area (Å²) in [5.74, 6) is 1.75. The van der Waals surface area contributed by atoms with Gasteiger partial charge in [-0.15, -0.1) is 21.5 Å². The Morgan fingerprint density at radius 3 is 2.62 bits per heavy atom. The van der Waals surface area contributed by atoms with Crippen LogP contribution < -0.4 is 10.1 Å². The van der Waals surface area contributed by atoms with Gasteiger partial charge in [-0.2, -0.15) is 5.26 Å². The van der Waals surface area contributed by atoms with Gasteiger partial charge >= 0.3 is 0 Å². The van der Waals surface area contributed by atoms with Crippen molar-refractivity contribution in [3.63, 3.8) is 0 Å². The SMILES string of the molecule is CCn1c(SCC(=O)Nc2sc3c(c2C#N)CCCCCC3)nnc1-c1ccc(OC2CCCC2)cc1. The predicted molar refractivity (Wildman–Crippen MR) is 148 cm³/mol. The van der Waals surface area contributed by atoms with Crippen LogP contribution in [-0.4, -0.2) is 32.5 Å². The number of nitriles is 1. The summed E-state index contributed by atoms with van der Waals surface area (Å²) in [5, 5.41) is 23.0. The topological polar surface area (TPSA) is 92.8 Å². The van der Waals surface area contributed by atoms with E-state index in [1.165, 1.54) is 42.3 Å². The molecule has 0 bridgehead atoms. The molecule has 1 fully saturated rings. The van der Waals surface area contributed by atoms with Gasteiger partial charge in [0, 0.05) is 17.0 Å². The van der Waals surface area contributed by atoms with Crippen LogP contribution in [0.25, 0.3) is 11.4 Å². The maximum Gasteiger partial charge on any atom is 0.235 e. The van der Waals surface area contributed by atoms with Crippen molar-refractivity contribution in [3.05, 3.63) is 40.3 Å². The number of carbonyl (C=O) groups excluding carboxylic acids is 1. The van der Waals surface area contributed by atoms with E-state index in [-0.39, 0.29) is 11.7 Å². The van der Waals surface area contributed by atoms with E-state index in [0.29, 0.717) is 28.4 Å². The first-order valence-corrected chi connectivity index (χ1v) is 15.1. The molecule has 2 aliphatic carbocycles. The van der Waals surface area contributed by atoms with Crippen molar-refractivity contribution in [2.45, 2.75) is 88.9 Å². The molecule has 1 saturated carbocycles. The van der Waals surface area contributed by atoms with Crippen molar-refractivity contribution in [1.82, 2.24) is 14.8 Å². The molecule has 0 atom stereocenters. The summed E-state index contributed by atoms with van der Waals surface area (Å²) in [4.78, 5) is 14.1. The molecule has 0 spiro atoms. The van der Waals surface area contributed by atoms with Gasteiger partial charge in [-0.05, 0) is 88.1 Å². The lowest BCUT2D eigenvalue weighted by molar-refractivity contribution is -0.113. The molecule has 3 aromatic rings. The van der Waals surface area contributed by atoms with Gasteiger partial charge in [0.2, 0.25) is 5.91 Å². The molecule has 9 heteroatoms. The van der Waals surface area contributed by atoms with Crippen molar-refractivity contribution < 1.29 is 9.53 Å². The molecule has 0 unspecified atom stereocenters. The smallest absolute Gasteiger partial charge is 0.235 e. The molecule has 1 amide bonds. The van der Waals surface area contributed by atoms with Crippen LogP contribution in [0.1, 0.15) is 74.3 Å². The van der Waals surface area contributed by atoms with Crippen LogP contribution in [0.4, 0.5) is 5.00 Å². The first-order chi connectivity index (χ1) is 18.2. The highest BCUT2D eigenvalue weighted by Crippen LogP contribution is 2.37. The number of aryl methyl sites for hydroxylation is 1. The number of rotatable bonds is 8. The second-order valence-corrected chi connectivity index (χ2v) is 11.7. The zero-order valence-electron chi connectivity index (χ0n) is 21.3. The number of carbonyl (C=O) groups is 1. The fourth-order valence-corrected chi connectivity index (χ4v) is 7.25. The monoisotopic (exact) mass is 535 g/mol. The first kappa shape index (κ1) is 25.8. The van der Waals surface area contributed by atoms with Crippen LogP contribution in [0.2, 0.25) is 0 Å². The molecule has 0 saturated heterocycles. The zero-order chi connectivity index (χ0) is 25.6. The Morgan fingerprint density at radius 2 is 1.89 bits per heavy atom. The van der Waals surface area contributed by atoms with E-state index >= 15 is 0 Å². The number of benzene rings is 1. The summed E-state index contributed by atoms with van der Waals surface area (Å²) in [6.45, 7) is 2.75. The molecule has 2 aromatic heterocycles. The van der Waals surface area contributed by atoms with E-state index < -0.39 is 0 Å². The molecule has 0 aliphatic heterocycles. The molecule has 2 aliphatic rings. The molecule has 0 radical (unpaired) electrons. The third-order valence-electron chi connectivity index (χ3n) is 7.12. The van der Waals surface area contributed by atoms with Gasteiger partial charge in [-0.25, -0.2) is 0 Å². The number of anilines is 1. The van der Waals surface area contributed by atoms with Gasteiger partial charge < -0.3 is 14.6 Å². The fraction of sp³-hybridized carbons (Fsp3) is 0.500. The lowest BCUT2D eigenvalue weighted by Crippen LogP contribution is -2.14. The normalized spacial score (nSPS) is 16.0. The van der Waals surface area contributed by atoms with Crippen LogP contribution in [-0.2, 0) is 24.2 Å². The van der Waals surface area contributed by atoms with E-state index in [9.17, 15) is 10.1 Å². The Hall–Kier alpha value is -2.83. The molecular formula is C28H33N5O2S2. The van der Waals surface area contributed by atoms with Crippen molar-refractivity contribution >= 4 is 34.0 Å². The number of thioether (sulfide) groups is 1. The summed E-state index contributed by atoms with van der Waals surface area (Å²) in [5.41, 5.74) is 2.77. The quantitative estimate of drug-likeness (QED) is 0.326. The number of ether oxygens (including phenoxy) is 1. The molecule has 7 nitrogen and oxygen atoms in total. The maximum absolute atomic E-state index is 12.9. The summed E-state index contributed by atoms with van der Waals surface area (Å²) in [6.07, 6.45) is 11.7. The largest absolute Gasteiger partial charge is 0.490 e. The number of amides is 1. The van der Waals surface area contributed by atoms with E-state index in [1.807, 2.05) is 28.8 Å². The summed E-state index contributed by atoms with van der Waals surface area (Å²) >= 11 is 2.94. The Balaban J connectivity index is 1.23. The second-order valence-electron chi connectivity index (χ2n) is 9.67. The number of nitrogens with zero attached hydrogens (tertiary/aromatic N) is 4. The highest BCUT2D eigenvalue weighted by Gasteiger charge is 2.22. The first-order valence-electron chi connectivity index (χ1n) is 13.3. The minimum absolute atomic E-state index is 0.128. The van der Waals surface area contributed by atoms with Gasteiger partial charge in [0.25, 0.3) is 0 Å². The van der Waals surface area contributed by atoms with Gasteiger partial charge in [0.15, 0.2) is 11.0 Å². The number of aromatic nitrogens is 3. The molecule has 5 rings (SSSR count). The van der Waals surface area contributed by atoms with Crippen LogP contribution in [0.5, 0.6) is 5.75 Å². The fourth-order valence-electron chi connectivity index (χ4n) is 5.19. The minimum atomic E-state index is -0.128. The third kappa shape index (κ3) is 6.02.